The minimum Gasteiger partial charge on any atom is -0.341 e. The zero-order valence-electron chi connectivity index (χ0n) is 10.9. The van der Waals surface area contributed by atoms with E-state index >= 15 is 0 Å². The van der Waals surface area contributed by atoms with Gasteiger partial charge in [-0.3, -0.25) is 4.79 Å². The summed E-state index contributed by atoms with van der Waals surface area (Å²) >= 11 is 0. The molecule has 102 valence electrons. The molecular weight excluding hydrogens is 248 g/mol. The highest BCUT2D eigenvalue weighted by Gasteiger charge is 2.17. The van der Waals surface area contributed by atoms with Gasteiger partial charge in [0.15, 0.2) is 11.6 Å². The molecule has 1 aromatic rings. The van der Waals surface area contributed by atoms with Crippen LogP contribution in [0.5, 0.6) is 0 Å². The molecule has 0 saturated heterocycles. The summed E-state index contributed by atoms with van der Waals surface area (Å²) in [4.78, 5) is 13.5. The van der Waals surface area contributed by atoms with Gasteiger partial charge in [-0.1, -0.05) is 18.2 Å². The lowest BCUT2D eigenvalue weighted by Gasteiger charge is -2.19. The third kappa shape index (κ3) is 3.63. The Hall–Kier alpha value is -1.71. The van der Waals surface area contributed by atoms with Crippen molar-refractivity contribution in [2.75, 3.05) is 7.05 Å². The predicted molar refractivity (Wildman–Crippen MR) is 69.3 cm³/mol. The van der Waals surface area contributed by atoms with Gasteiger partial charge in [0, 0.05) is 20.0 Å². The molecule has 0 aliphatic heterocycles. The van der Waals surface area contributed by atoms with Crippen molar-refractivity contribution in [3.63, 3.8) is 0 Å². The Kier molecular flexibility index (Phi) is 4.30. The summed E-state index contributed by atoms with van der Waals surface area (Å²) in [7, 11) is 1.68. The van der Waals surface area contributed by atoms with Gasteiger partial charge < -0.3 is 4.90 Å². The number of allylic oxidation sites excluding steroid dienone is 2. The fourth-order valence-corrected chi connectivity index (χ4v) is 2.25. The molecule has 2 rings (SSSR count). The molecule has 0 saturated carbocycles. The molecule has 0 aromatic heterocycles. The standard InChI is InChI=1S/C15H17F2NO/c1-18(15(19)9-11-4-2-3-5-11)10-12-6-7-13(16)14(17)8-12/h2,4,6-8,11H,3,5,9-10H2,1H3/t11-/m0/s1. The maximum Gasteiger partial charge on any atom is 0.223 e. The van der Waals surface area contributed by atoms with Crippen LogP contribution in [0.2, 0.25) is 0 Å². The molecule has 0 heterocycles. The maximum absolute atomic E-state index is 13.1. The number of hydrogen-bond acceptors (Lipinski definition) is 1. The van der Waals surface area contributed by atoms with Gasteiger partial charge in [0.05, 0.1) is 0 Å². The minimum atomic E-state index is -0.878. The fraction of sp³-hybridized carbons (Fsp3) is 0.400. The van der Waals surface area contributed by atoms with E-state index in [0.717, 1.165) is 25.0 Å². The molecule has 0 bridgehead atoms. The van der Waals surface area contributed by atoms with E-state index in [1.807, 2.05) is 0 Å². The molecule has 2 nitrogen and oxygen atoms in total. The van der Waals surface area contributed by atoms with Crippen LogP contribution in [0.25, 0.3) is 0 Å². The molecule has 1 aliphatic carbocycles. The van der Waals surface area contributed by atoms with Crippen molar-refractivity contribution in [3.8, 4) is 0 Å². The summed E-state index contributed by atoms with van der Waals surface area (Å²) in [5.74, 6) is -1.40. The van der Waals surface area contributed by atoms with E-state index in [4.69, 9.17) is 0 Å². The number of halogens is 2. The summed E-state index contributed by atoms with van der Waals surface area (Å²) in [5.41, 5.74) is 0.594. The molecule has 4 heteroatoms. The molecule has 1 amide bonds. The SMILES string of the molecule is CN(Cc1ccc(F)c(F)c1)C(=O)C[C@H]1C=CCC1. The average molecular weight is 265 g/mol. The van der Waals surface area contributed by atoms with Crippen molar-refractivity contribution in [1.29, 1.82) is 0 Å². The topological polar surface area (TPSA) is 20.3 Å². The van der Waals surface area contributed by atoms with Gasteiger partial charge in [-0.15, -0.1) is 0 Å². The predicted octanol–water partition coefficient (Wildman–Crippen LogP) is 3.28. The molecule has 0 radical (unpaired) electrons. The van der Waals surface area contributed by atoms with Crippen LogP contribution >= 0.6 is 0 Å². The van der Waals surface area contributed by atoms with Gasteiger partial charge in [0.1, 0.15) is 0 Å². The van der Waals surface area contributed by atoms with Gasteiger partial charge >= 0.3 is 0 Å². The lowest BCUT2D eigenvalue weighted by atomic mass is 10.0. The Morgan fingerprint density at radius 3 is 2.79 bits per heavy atom. The number of rotatable bonds is 4. The highest BCUT2D eigenvalue weighted by molar-refractivity contribution is 5.76. The van der Waals surface area contributed by atoms with Gasteiger partial charge in [-0.25, -0.2) is 8.78 Å². The van der Waals surface area contributed by atoms with Crippen molar-refractivity contribution in [2.24, 2.45) is 5.92 Å². The normalized spacial score (nSPS) is 17.7. The van der Waals surface area contributed by atoms with Crippen LogP contribution in [-0.4, -0.2) is 17.9 Å². The maximum atomic E-state index is 13.1. The molecule has 1 atom stereocenters. The van der Waals surface area contributed by atoms with Gasteiger partial charge in [-0.05, 0) is 36.5 Å². The minimum absolute atomic E-state index is 0.0290. The first-order valence-electron chi connectivity index (χ1n) is 6.41. The zero-order chi connectivity index (χ0) is 13.8. The molecule has 19 heavy (non-hydrogen) atoms. The van der Waals surface area contributed by atoms with Gasteiger partial charge in [0.25, 0.3) is 0 Å². The first-order valence-corrected chi connectivity index (χ1v) is 6.41. The quantitative estimate of drug-likeness (QED) is 0.765. The first kappa shape index (κ1) is 13.7. The zero-order valence-corrected chi connectivity index (χ0v) is 10.9. The first-order chi connectivity index (χ1) is 9.06. The summed E-state index contributed by atoms with van der Waals surface area (Å²) in [6.45, 7) is 0.298. The van der Waals surface area contributed by atoms with Crippen LogP contribution in [0.15, 0.2) is 30.4 Å². The van der Waals surface area contributed by atoms with E-state index < -0.39 is 11.6 Å². The van der Waals surface area contributed by atoms with E-state index in [1.165, 1.54) is 6.07 Å². The van der Waals surface area contributed by atoms with E-state index in [-0.39, 0.29) is 5.91 Å². The number of carbonyl (C=O) groups excluding carboxylic acids is 1. The summed E-state index contributed by atoms with van der Waals surface area (Å²) in [5, 5.41) is 0. The average Bonchev–Trinajstić information content (AvgIpc) is 2.86. The Bertz CT molecular complexity index is 499. The Morgan fingerprint density at radius 2 is 2.16 bits per heavy atom. The monoisotopic (exact) mass is 265 g/mol. The Morgan fingerprint density at radius 1 is 1.37 bits per heavy atom. The largest absolute Gasteiger partial charge is 0.341 e. The number of carbonyl (C=O) groups is 1. The van der Waals surface area contributed by atoms with Crippen molar-refractivity contribution >= 4 is 5.91 Å². The molecule has 0 N–H and O–H groups in total. The second-order valence-corrected chi connectivity index (χ2v) is 4.97. The van der Waals surface area contributed by atoms with Crippen LogP contribution in [0.4, 0.5) is 8.78 Å². The molecule has 0 fully saturated rings. The smallest absolute Gasteiger partial charge is 0.223 e. The van der Waals surface area contributed by atoms with Crippen molar-refractivity contribution in [3.05, 3.63) is 47.5 Å². The fourth-order valence-electron chi connectivity index (χ4n) is 2.25. The van der Waals surface area contributed by atoms with Gasteiger partial charge in [-0.2, -0.15) is 0 Å². The number of nitrogens with zero attached hydrogens (tertiary/aromatic N) is 1. The van der Waals surface area contributed by atoms with Crippen LogP contribution in [0.1, 0.15) is 24.8 Å². The molecule has 1 aromatic carbocycles. The highest BCUT2D eigenvalue weighted by Crippen LogP contribution is 2.21. The summed E-state index contributed by atoms with van der Waals surface area (Å²) < 4.78 is 25.9. The number of hydrogen-bond donors (Lipinski definition) is 0. The number of amides is 1. The Labute approximate surface area is 111 Å². The molecule has 0 unspecified atom stereocenters. The van der Waals surface area contributed by atoms with E-state index in [0.29, 0.717) is 24.4 Å². The van der Waals surface area contributed by atoms with E-state index in [9.17, 15) is 13.6 Å². The van der Waals surface area contributed by atoms with E-state index in [1.54, 1.807) is 11.9 Å². The van der Waals surface area contributed by atoms with Crippen LogP contribution < -0.4 is 0 Å². The second-order valence-electron chi connectivity index (χ2n) is 4.97. The lowest BCUT2D eigenvalue weighted by molar-refractivity contribution is -0.131. The van der Waals surface area contributed by atoms with Crippen LogP contribution in [0, 0.1) is 17.6 Å². The van der Waals surface area contributed by atoms with Crippen molar-refractivity contribution in [1.82, 2.24) is 4.90 Å². The van der Waals surface area contributed by atoms with Gasteiger partial charge in [0.2, 0.25) is 5.91 Å². The lowest BCUT2D eigenvalue weighted by Crippen LogP contribution is -2.27. The summed E-state index contributed by atoms with van der Waals surface area (Å²) in [6.07, 6.45) is 6.70. The second kappa shape index (κ2) is 5.95. The summed E-state index contributed by atoms with van der Waals surface area (Å²) in [6, 6.07) is 3.72. The third-order valence-electron chi connectivity index (χ3n) is 3.38. The molecule has 1 aliphatic rings. The van der Waals surface area contributed by atoms with E-state index in [2.05, 4.69) is 12.2 Å². The van der Waals surface area contributed by atoms with Crippen molar-refractivity contribution < 1.29 is 13.6 Å². The van der Waals surface area contributed by atoms with Crippen LogP contribution in [-0.2, 0) is 11.3 Å². The van der Waals surface area contributed by atoms with Crippen molar-refractivity contribution in [2.45, 2.75) is 25.8 Å². The Balaban J connectivity index is 1.92. The third-order valence-corrected chi connectivity index (χ3v) is 3.38. The molecule has 0 spiro atoms. The molecular formula is C15H17F2NO. The highest BCUT2D eigenvalue weighted by atomic mass is 19.2. The van der Waals surface area contributed by atoms with Crippen LogP contribution in [0.3, 0.4) is 0 Å². The number of benzene rings is 1.